The van der Waals surface area contributed by atoms with Gasteiger partial charge >= 0.3 is 0 Å². The molecule has 0 saturated heterocycles. The summed E-state index contributed by atoms with van der Waals surface area (Å²) in [5, 5.41) is 12.3. The number of likely N-dealkylation sites (N-methyl/N-ethyl adjacent to an activating group) is 1. The van der Waals surface area contributed by atoms with Crippen LogP contribution in [-0.4, -0.2) is 58.4 Å². The van der Waals surface area contributed by atoms with Crippen molar-refractivity contribution in [2.75, 3.05) is 26.7 Å². The van der Waals surface area contributed by atoms with Crippen LogP contribution in [0.1, 0.15) is 33.0 Å². The number of halogens is 1. The number of aryl methyl sites for hydroxylation is 1. The van der Waals surface area contributed by atoms with Crippen molar-refractivity contribution < 1.29 is 4.74 Å². The number of benzene rings is 1. The predicted molar refractivity (Wildman–Crippen MR) is 114 cm³/mol. The van der Waals surface area contributed by atoms with Crippen molar-refractivity contribution in [1.82, 2.24) is 25.0 Å². The molecule has 0 saturated carbocycles. The van der Waals surface area contributed by atoms with Gasteiger partial charge in [0.25, 0.3) is 0 Å². The SMILES string of the molecule is CCc1nncn1CCN=C(NC(C)CC)N(C)CCOc1ccc(Cl)cc1. The molecule has 1 heterocycles. The van der Waals surface area contributed by atoms with Gasteiger partial charge in [-0.15, -0.1) is 10.2 Å². The highest BCUT2D eigenvalue weighted by Gasteiger charge is 2.10. The summed E-state index contributed by atoms with van der Waals surface area (Å²) in [4.78, 5) is 6.87. The molecule has 1 atom stereocenters. The minimum atomic E-state index is 0.347. The van der Waals surface area contributed by atoms with E-state index >= 15 is 0 Å². The molecule has 0 radical (unpaired) electrons. The monoisotopic (exact) mass is 406 g/mol. The van der Waals surface area contributed by atoms with Gasteiger partial charge in [-0.1, -0.05) is 25.4 Å². The third-order valence-corrected chi connectivity index (χ3v) is 4.72. The lowest BCUT2D eigenvalue weighted by atomic mass is 10.3. The van der Waals surface area contributed by atoms with E-state index < -0.39 is 0 Å². The fourth-order valence-corrected chi connectivity index (χ4v) is 2.67. The summed E-state index contributed by atoms with van der Waals surface area (Å²) in [6, 6.07) is 7.75. The van der Waals surface area contributed by atoms with Crippen molar-refractivity contribution in [2.45, 2.75) is 46.2 Å². The Morgan fingerprint density at radius 1 is 1.32 bits per heavy atom. The number of ether oxygens (including phenoxy) is 1. The van der Waals surface area contributed by atoms with Crippen LogP contribution in [0.5, 0.6) is 5.75 Å². The largest absolute Gasteiger partial charge is 0.492 e. The number of aromatic nitrogens is 3. The Labute approximate surface area is 172 Å². The second kappa shape index (κ2) is 11.5. The van der Waals surface area contributed by atoms with Gasteiger partial charge in [-0.05, 0) is 37.6 Å². The highest BCUT2D eigenvalue weighted by molar-refractivity contribution is 6.30. The quantitative estimate of drug-likeness (QED) is 0.484. The summed E-state index contributed by atoms with van der Waals surface area (Å²) in [5.74, 6) is 2.67. The van der Waals surface area contributed by atoms with Crippen molar-refractivity contribution in [3.8, 4) is 5.75 Å². The molecule has 1 aromatic carbocycles. The van der Waals surface area contributed by atoms with Gasteiger partial charge in [0.15, 0.2) is 5.96 Å². The van der Waals surface area contributed by atoms with Crippen LogP contribution in [0.3, 0.4) is 0 Å². The number of nitrogens with one attached hydrogen (secondary N) is 1. The minimum Gasteiger partial charge on any atom is -0.492 e. The molecular weight excluding hydrogens is 376 g/mol. The van der Waals surface area contributed by atoms with Crippen molar-refractivity contribution in [3.63, 3.8) is 0 Å². The summed E-state index contributed by atoms with van der Waals surface area (Å²) < 4.78 is 7.85. The van der Waals surface area contributed by atoms with Crippen LogP contribution in [0.15, 0.2) is 35.6 Å². The average molecular weight is 407 g/mol. The lowest BCUT2D eigenvalue weighted by Crippen LogP contribution is -2.44. The fourth-order valence-electron chi connectivity index (χ4n) is 2.54. The number of hydrogen-bond donors (Lipinski definition) is 1. The lowest BCUT2D eigenvalue weighted by Gasteiger charge is -2.25. The molecule has 8 heteroatoms. The number of guanidine groups is 1. The second-order valence-corrected chi connectivity index (χ2v) is 7.11. The van der Waals surface area contributed by atoms with Gasteiger partial charge in [0.1, 0.15) is 24.5 Å². The molecule has 1 unspecified atom stereocenters. The van der Waals surface area contributed by atoms with Crippen LogP contribution in [-0.2, 0) is 13.0 Å². The van der Waals surface area contributed by atoms with E-state index in [1.165, 1.54) is 0 Å². The van der Waals surface area contributed by atoms with Crippen LogP contribution in [0.2, 0.25) is 5.02 Å². The van der Waals surface area contributed by atoms with Gasteiger partial charge < -0.3 is 19.5 Å². The van der Waals surface area contributed by atoms with Gasteiger partial charge in [-0.2, -0.15) is 0 Å². The Balaban J connectivity index is 1.91. The Hall–Kier alpha value is -2.28. The van der Waals surface area contributed by atoms with E-state index in [0.717, 1.165) is 43.5 Å². The van der Waals surface area contributed by atoms with E-state index in [1.807, 2.05) is 35.9 Å². The number of nitrogens with zero attached hydrogens (tertiary/aromatic N) is 5. The normalized spacial score (nSPS) is 12.7. The summed E-state index contributed by atoms with van der Waals surface area (Å²) in [6.07, 6.45) is 3.66. The van der Waals surface area contributed by atoms with E-state index in [0.29, 0.717) is 24.2 Å². The van der Waals surface area contributed by atoms with Crippen LogP contribution in [0, 0.1) is 0 Å². The Morgan fingerprint density at radius 2 is 2.07 bits per heavy atom. The first kappa shape index (κ1) is 22.0. The lowest BCUT2D eigenvalue weighted by molar-refractivity contribution is 0.280. The molecular formula is C20H31ClN6O. The maximum atomic E-state index is 5.91. The second-order valence-electron chi connectivity index (χ2n) is 6.68. The maximum Gasteiger partial charge on any atom is 0.194 e. The molecule has 0 aliphatic carbocycles. The molecule has 2 rings (SSSR count). The third kappa shape index (κ3) is 7.03. The van der Waals surface area contributed by atoms with Crippen LogP contribution in [0.4, 0.5) is 0 Å². The Morgan fingerprint density at radius 3 is 2.75 bits per heavy atom. The zero-order chi connectivity index (χ0) is 20.4. The Kier molecular flexibility index (Phi) is 9.07. The average Bonchev–Trinajstić information content (AvgIpc) is 3.16. The Bertz CT molecular complexity index is 731. The molecule has 2 aromatic rings. The summed E-state index contributed by atoms with van der Waals surface area (Å²) in [5.41, 5.74) is 0. The zero-order valence-electron chi connectivity index (χ0n) is 17.2. The van der Waals surface area contributed by atoms with Gasteiger partial charge in [0.2, 0.25) is 0 Å². The van der Waals surface area contributed by atoms with Gasteiger partial charge in [-0.3, -0.25) is 4.99 Å². The van der Waals surface area contributed by atoms with E-state index in [2.05, 4.69) is 41.2 Å². The van der Waals surface area contributed by atoms with Crippen molar-refractivity contribution >= 4 is 17.6 Å². The smallest absolute Gasteiger partial charge is 0.194 e. The van der Waals surface area contributed by atoms with Gasteiger partial charge in [0, 0.05) is 31.1 Å². The molecule has 154 valence electrons. The zero-order valence-corrected chi connectivity index (χ0v) is 18.0. The molecule has 0 amide bonds. The summed E-state index contributed by atoms with van der Waals surface area (Å²) in [6.45, 7) is 9.09. The van der Waals surface area contributed by atoms with Crippen molar-refractivity contribution in [1.29, 1.82) is 0 Å². The fraction of sp³-hybridized carbons (Fsp3) is 0.550. The van der Waals surface area contributed by atoms with Crippen LogP contribution < -0.4 is 10.1 Å². The van der Waals surface area contributed by atoms with Crippen molar-refractivity contribution in [2.24, 2.45) is 4.99 Å². The molecule has 1 N–H and O–H groups in total. The third-order valence-electron chi connectivity index (χ3n) is 4.47. The molecule has 0 fully saturated rings. The highest BCUT2D eigenvalue weighted by atomic mass is 35.5. The summed E-state index contributed by atoms with van der Waals surface area (Å²) >= 11 is 5.91. The molecule has 28 heavy (non-hydrogen) atoms. The molecule has 0 aliphatic heterocycles. The van der Waals surface area contributed by atoms with Crippen molar-refractivity contribution in [3.05, 3.63) is 41.4 Å². The van der Waals surface area contributed by atoms with E-state index in [4.69, 9.17) is 21.3 Å². The summed E-state index contributed by atoms with van der Waals surface area (Å²) in [7, 11) is 2.02. The predicted octanol–water partition coefficient (Wildman–Crippen LogP) is 3.25. The molecule has 0 aliphatic rings. The van der Waals surface area contributed by atoms with Gasteiger partial charge in [0.05, 0.1) is 13.1 Å². The number of rotatable bonds is 10. The standard InChI is InChI=1S/C20H31ClN6O/c1-5-16(3)24-20(22-11-12-27-15-23-25-19(27)6-2)26(4)13-14-28-18-9-7-17(21)8-10-18/h7-10,15-16H,5-6,11-14H2,1-4H3,(H,22,24). The first-order chi connectivity index (χ1) is 13.5. The topological polar surface area (TPSA) is 67.6 Å². The minimum absolute atomic E-state index is 0.347. The van der Waals surface area contributed by atoms with E-state index in [9.17, 15) is 0 Å². The molecule has 1 aromatic heterocycles. The highest BCUT2D eigenvalue weighted by Crippen LogP contribution is 2.15. The van der Waals surface area contributed by atoms with Crippen LogP contribution >= 0.6 is 11.6 Å². The first-order valence-corrected chi connectivity index (χ1v) is 10.2. The molecule has 0 bridgehead atoms. The molecule has 7 nitrogen and oxygen atoms in total. The van der Waals surface area contributed by atoms with Crippen LogP contribution in [0.25, 0.3) is 0 Å². The first-order valence-electron chi connectivity index (χ1n) is 9.80. The number of hydrogen-bond acceptors (Lipinski definition) is 4. The molecule has 0 spiro atoms. The number of aliphatic imine (C=N–C) groups is 1. The van der Waals surface area contributed by atoms with E-state index in [-0.39, 0.29) is 0 Å². The van der Waals surface area contributed by atoms with Gasteiger partial charge in [-0.25, -0.2) is 0 Å². The maximum absolute atomic E-state index is 5.91. The van der Waals surface area contributed by atoms with E-state index in [1.54, 1.807) is 6.33 Å².